The van der Waals surface area contributed by atoms with Crippen LogP contribution in [0.5, 0.6) is 11.5 Å². The van der Waals surface area contributed by atoms with Crippen molar-refractivity contribution in [1.82, 2.24) is 15.1 Å². The molecule has 1 saturated heterocycles. The zero-order valence-corrected chi connectivity index (χ0v) is 17.9. The fourth-order valence-electron chi connectivity index (χ4n) is 4.17. The Morgan fingerprint density at radius 2 is 1.57 bits per heavy atom. The Bertz CT molecular complexity index is 937. The van der Waals surface area contributed by atoms with E-state index in [1.54, 1.807) is 14.2 Å². The van der Waals surface area contributed by atoms with Gasteiger partial charge in [-0.2, -0.15) is 0 Å². The highest BCUT2D eigenvalue weighted by molar-refractivity contribution is 5.54. The minimum Gasteiger partial charge on any atom is -0.497 e. The summed E-state index contributed by atoms with van der Waals surface area (Å²) in [5.41, 5.74) is 2.20. The molecule has 6 nitrogen and oxygen atoms in total. The minimum atomic E-state index is 0.0368. The van der Waals surface area contributed by atoms with E-state index >= 15 is 0 Å². The lowest BCUT2D eigenvalue weighted by Crippen LogP contribution is -2.31. The summed E-state index contributed by atoms with van der Waals surface area (Å²) in [6.07, 6.45) is 4.77. The Labute approximate surface area is 177 Å². The molecule has 2 heterocycles. The van der Waals surface area contributed by atoms with Crippen molar-refractivity contribution in [2.45, 2.75) is 44.7 Å². The molecule has 0 spiro atoms. The molecule has 1 aliphatic rings. The number of benzene rings is 2. The van der Waals surface area contributed by atoms with Crippen molar-refractivity contribution in [3.05, 3.63) is 60.0 Å². The van der Waals surface area contributed by atoms with Gasteiger partial charge in [0.05, 0.1) is 20.3 Å². The van der Waals surface area contributed by atoms with Crippen LogP contribution in [0.1, 0.15) is 56.1 Å². The Hall–Kier alpha value is -2.86. The average Bonchev–Trinajstić information content (AvgIpc) is 3.17. The summed E-state index contributed by atoms with van der Waals surface area (Å²) >= 11 is 0. The molecule has 0 bridgehead atoms. The molecule has 0 saturated carbocycles. The van der Waals surface area contributed by atoms with Crippen LogP contribution in [0, 0.1) is 0 Å². The molecule has 0 N–H and O–H groups in total. The lowest BCUT2D eigenvalue weighted by molar-refractivity contribution is 0.127. The van der Waals surface area contributed by atoms with Crippen LogP contribution in [0.15, 0.2) is 52.9 Å². The second-order valence-electron chi connectivity index (χ2n) is 7.73. The molecule has 3 aromatic rings. The van der Waals surface area contributed by atoms with E-state index in [1.807, 2.05) is 36.4 Å². The number of likely N-dealkylation sites (tertiary alicyclic amines) is 1. The van der Waals surface area contributed by atoms with E-state index in [0.29, 0.717) is 17.8 Å². The maximum absolute atomic E-state index is 6.10. The SMILES string of the molecule is COc1ccc(-c2nnc([C@H](C)N3CCCCC[C@@H]3c3ccc(OC)cc3)o2)cc1. The highest BCUT2D eigenvalue weighted by atomic mass is 16.5. The quantitative estimate of drug-likeness (QED) is 0.543. The van der Waals surface area contributed by atoms with Gasteiger partial charge in [-0.3, -0.25) is 4.90 Å². The molecule has 2 aromatic carbocycles. The fourth-order valence-corrected chi connectivity index (χ4v) is 4.17. The smallest absolute Gasteiger partial charge is 0.247 e. The molecule has 6 heteroatoms. The standard InChI is InChI=1S/C24H29N3O3/c1-17(23-25-26-24(30-23)19-10-14-21(29-3)15-11-19)27-16-6-4-5-7-22(27)18-8-12-20(28-2)13-9-18/h8-15,17,22H,4-7,16H2,1-3H3/t17-,22+/m0/s1. The van der Waals surface area contributed by atoms with Crippen LogP contribution in [0.3, 0.4) is 0 Å². The molecule has 4 rings (SSSR count). The lowest BCUT2D eigenvalue weighted by atomic mass is 9.99. The molecule has 1 aliphatic heterocycles. The van der Waals surface area contributed by atoms with Crippen molar-refractivity contribution < 1.29 is 13.9 Å². The molecule has 0 unspecified atom stereocenters. The monoisotopic (exact) mass is 407 g/mol. The summed E-state index contributed by atoms with van der Waals surface area (Å²) in [6.45, 7) is 3.17. The van der Waals surface area contributed by atoms with E-state index in [-0.39, 0.29) is 6.04 Å². The second-order valence-corrected chi connectivity index (χ2v) is 7.73. The topological polar surface area (TPSA) is 60.6 Å². The third-order valence-corrected chi connectivity index (χ3v) is 5.93. The van der Waals surface area contributed by atoms with Crippen molar-refractivity contribution in [3.8, 4) is 23.0 Å². The van der Waals surface area contributed by atoms with Gasteiger partial charge in [-0.1, -0.05) is 25.0 Å². The summed E-state index contributed by atoms with van der Waals surface area (Å²) in [5.74, 6) is 2.88. The first-order valence-corrected chi connectivity index (χ1v) is 10.6. The Kier molecular flexibility index (Phi) is 6.33. The van der Waals surface area contributed by atoms with Crippen LogP contribution >= 0.6 is 0 Å². The van der Waals surface area contributed by atoms with Crippen LogP contribution in [-0.2, 0) is 0 Å². The third-order valence-electron chi connectivity index (χ3n) is 5.93. The van der Waals surface area contributed by atoms with Crippen molar-refractivity contribution in [1.29, 1.82) is 0 Å². The highest BCUT2D eigenvalue weighted by Gasteiger charge is 2.30. The van der Waals surface area contributed by atoms with E-state index in [0.717, 1.165) is 30.0 Å². The maximum Gasteiger partial charge on any atom is 0.247 e. The normalized spacial score (nSPS) is 18.6. The Balaban J connectivity index is 1.57. The molecule has 30 heavy (non-hydrogen) atoms. The molecule has 0 radical (unpaired) electrons. The van der Waals surface area contributed by atoms with Gasteiger partial charge in [0, 0.05) is 11.6 Å². The van der Waals surface area contributed by atoms with Gasteiger partial charge in [-0.15, -0.1) is 10.2 Å². The molecule has 1 aromatic heterocycles. The second kappa shape index (κ2) is 9.30. The van der Waals surface area contributed by atoms with E-state index in [4.69, 9.17) is 13.9 Å². The number of methoxy groups -OCH3 is 2. The Morgan fingerprint density at radius 3 is 2.23 bits per heavy atom. The number of hydrogen-bond donors (Lipinski definition) is 0. The third kappa shape index (κ3) is 4.33. The van der Waals surface area contributed by atoms with Crippen molar-refractivity contribution in [2.75, 3.05) is 20.8 Å². The van der Waals surface area contributed by atoms with E-state index < -0.39 is 0 Å². The van der Waals surface area contributed by atoms with Gasteiger partial charge in [0.2, 0.25) is 11.8 Å². The number of rotatable bonds is 6. The number of hydrogen-bond acceptors (Lipinski definition) is 6. The molecule has 0 amide bonds. The first-order valence-electron chi connectivity index (χ1n) is 10.6. The van der Waals surface area contributed by atoms with Crippen LogP contribution in [-0.4, -0.2) is 35.9 Å². The zero-order chi connectivity index (χ0) is 20.9. The average molecular weight is 408 g/mol. The summed E-state index contributed by atoms with van der Waals surface area (Å²) in [5, 5.41) is 8.69. The van der Waals surface area contributed by atoms with Gasteiger partial charge in [-0.05, 0) is 68.3 Å². The predicted molar refractivity (Wildman–Crippen MR) is 116 cm³/mol. The molecule has 2 atom stereocenters. The van der Waals surface area contributed by atoms with Gasteiger partial charge in [-0.25, -0.2) is 0 Å². The number of nitrogens with zero attached hydrogens (tertiary/aromatic N) is 3. The molecular formula is C24H29N3O3. The summed E-state index contributed by atoms with van der Waals surface area (Å²) in [6, 6.07) is 16.5. The van der Waals surface area contributed by atoms with E-state index in [9.17, 15) is 0 Å². The summed E-state index contributed by atoms with van der Waals surface area (Å²) < 4.78 is 16.7. The lowest BCUT2D eigenvalue weighted by Gasteiger charge is -2.33. The number of aromatic nitrogens is 2. The number of ether oxygens (including phenoxy) is 2. The van der Waals surface area contributed by atoms with E-state index in [2.05, 4.69) is 34.2 Å². The maximum atomic E-state index is 6.10. The minimum absolute atomic E-state index is 0.0368. The molecule has 1 fully saturated rings. The molecular weight excluding hydrogens is 378 g/mol. The van der Waals surface area contributed by atoms with Crippen LogP contribution in [0.25, 0.3) is 11.5 Å². The van der Waals surface area contributed by atoms with Crippen molar-refractivity contribution in [3.63, 3.8) is 0 Å². The first-order chi connectivity index (χ1) is 14.7. The molecule has 158 valence electrons. The highest BCUT2D eigenvalue weighted by Crippen LogP contribution is 2.37. The predicted octanol–water partition coefficient (Wildman–Crippen LogP) is 5.43. The van der Waals surface area contributed by atoms with Crippen molar-refractivity contribution in [2.24, 2.45) is 0 Å². The van der Waals surface area contributed by atoms with Gasteiger partial charge < -0.3 is 13.9 Å². The fraction of sp³-hybridized carbons (Fsp3) is 0.417. The van der Waals surface area contributed by atoms with Gasteiger partial charge in [0.15, 0.2) is 0 Å². The van der Waals surface area contributed by atoms with Crippen LogP contribution in [0.4, 0.5) is 0 Å². The zero-order valence-electron chi connectivity index (χ0n) is 17.9. The van der Waals surface area contributed by atoms with Gasteiger partial charge in [0.1, 0.15) is 11.5 Å². The summed E-state index contributed by atoms with van der Waals surface area (Å²) in [4.78, 5) is 2.50. The van der Waals surface area contributed by atoms with Crippen LogP contribution < -0.4 is 9.47 Å². The molecule has 0 aliphatic carbocycles. The first kappa shape index (κ1) is 20.4. The van der Waals surface area contributed by atoms with Crippen LogP contribution in [0.2, 0.25) is 0 Å². The van der Waals surface area contributed by atoms with E-state index in [1.165, 1.54) is 24.8 Å². The van der Waals surface area contributed by atoms with Gasteiger partial charge in [0.25, 0.3) is 0 Å². The van der Waals surface area contributed by atoms with Gasteiger partial charge >= 0.3 is 0 Å². The largest absolute Gasteiger partial charge is 0.497 e. The summed E-state index contributed by atoms with van der Waals surface area (Å²) in [7, 11) is 3.35. The Morgan fingerprint density at radius 1 is 0.900 bits per heavy atom. The van der Waals surface area contributed by atoms with Crippen molar-refractivity contribution >= 4 is 0 Å².